The molecule has 0 fully saturated rings. The van der Waals surface area contributed by atoms with E-state index in [9.17, 15) is 19.7 Å². The van der Waals surface area contributed by atoms with Crippen molar-refractivity contribution in [3.05, 3.63) is 73.5 Å². The smallest absolute Gasteiger partial charge is 0.269 e. The molecular formula is C20H18N6O4. The average molecular weight is 406 g/mol. The summed E-state index contributed by atoms with van der Waals surface area (Å²) in [4.78, 5) is 41.6. The largest absolute Gasteiger partial charge is 0.343 e. The molecule has 1 atom stereocenters. The zero-order valence-corrected chi connectivity index (χ0v) is 16.3. The van der Waals surface area contributed by atoms with Crippen molar-refractivity contribution in [3.8, 4) is 0 Å². The second-order valence-electron chi connectivity index (χ2n) is 8.47. The van der Waals surface area contributed by atoms with Gasteiger partial charge in [0.25, 0.3) is 11.2 Å². The predicted octanol–water partition coefficient (Wildman–Crippen LogP) is 2.53. The summed E-state index contributed by atoms with van der Waals surface area (Å²) >= 11 is 0. The number of benzene rings is 1. The van der Waals surface area contributed by atoms with Crippen LogP contribution in [0.3, 0.4) is 0 Å². The molecule has 1 unspecified atom stereocenters. The van der Waals surface area contributed by atoms with E-state index >= 15 is 0 Å². The third-order valence-corrected chi connectivity index (χ3v) is 5.69. The molecule has 2 aliphatic rings. The summed E-state index contributed by atoms with van der Waals surface area (Å²) in [7, 11) is 0. The first-order valence-electron chi connectivity index (χ1n) is 9.48. The lowest BCUT2D eigenvalue weighted by atomic mass is 9.69. The zero-order valence-electron chi connectivity index (χ0n) is 16.3. The Morgan fingerprint density at radius 1 is 1.20 bits per heavy atom. The Bertz CT molecular complexity index is 1320. The number of allylic oxidation sites excluding steroid dienone is 2. The Morgan fingerprint density at radius 3 is 2.63 bits per heavy atom. The van der Waals surface area contributed by atoms with Crippen LogP contribution in [0.5, 0.6) is 0 Å². The predicted molar refractivity (Wildman–Crippen MR) is 107 cm³/mol. The summed E-state index contributed by atoms with van der Waals surface area (Å²) in [5.74, 6) is -0.0390. The molecule has 1 aliphatic carbocycles. The van der Waals surface area contributed by atoms with Crippen molar-refractivity contribution < 1.29 is 9.72 Å². The van der Waals surface area contributed by atoms with Gasteiger partial charge >= 0.3 is 0 Å². The van der Waals surface area contributed by atoms with E-state index in [1.807, 2.05) is 13.8 Å². The van der Waals surface area contributed by atoms with Gasteiger partial charge in [0.05, 0.1) is 10.5 Å². The molecule has 0 saturated heterocycles. The molecule has 1 aromatic carbocycles. The first-order valence-corrected chi connectivity index (χ1v) is 9.48. The minimum Gasteiger partial charge on any atom is -0.343 e. The van der Waals surface area contributed by atoms with Gasteiger partial charge in [-0.05, 0) is 17.4 Å². The molecule has 0 spiro atoms. The third-order valence-electron chi connectivity index (χ3n) is 5.69. The monoisotopic (exact) mass is 406 g/mol. The Labute approximate surface area is 169 Å². The summed E-state index contributed by atoms with van der Waals surface area (Å²) in [6.45, 7) is 4.04. The van der Waals surface area contributed by atoms with Gasteiger partial charge in [0.2, 0.25) is 5.78 Å². The number of hydrogen-bond donors (Lipinski definition) is 2. The lowest BCUT2D eigenvalue weighted by molar-refractivity contribution is -0.384. The van der Waals surface area contributed by atoms with Gasteiger partial charge in [-0.15, -0.1) is 0 Å². The van der Waals surface area contributed by atoms with Gasteiger partial charge in [-0.25, -0.2) is 9.50 Å². The Balaban J connectivity index is 1.78. The number of hydrogen-bond acceptors (Lipinski definition) is 7. The molecule has 2 aromatic heterocycles. The van der Waals surface area contributed by atoms with Crippen LogP contribution < -0.4 is 10.9 Å². The summed E-state index contributed by atoms with van der Waals surface area (Å²) in [6.07, 6.45) is 2.32. The van der Waals surface area contributed by atoms with Crippen LogP contribution in [0.25, 0.3) is 5.78 Å². The molecule has 0 bridgehead atoms. The molecule has 10 heteroatoms. The number of anilines is 1. The number of aromatic amines is 1. The quantitative estimate of drug-likeness (QED) is 0.493. The van der Waals surface area contributed by atoms with Crippen LogP contribution in [-0.2, 0) is 4.79 Å². The fraction of sp³-hybridized carbons (Fsp3) is 0.300. The molecule has 30 heavy (non-hydrogen) atoms. The van der Waals surface area contributed by atoms with Crippen molar-refractivity contribution in [2.24, 2.45) is 5.41 Å². The number of H-pyrrole nitrogens is 1. The zero-order chi connectivity index (χ0) is 21.2. The van der Waals surface area contributed by atoms with Gasteiger partial charge in [0, 0.05) is 35.7 Å². The highest BCUT2D eigenvalue weighted by molar-refractivity contribution is 6.01. The van der Waals surface area contributed by atoms with E-state index in [0.717, 1.165) is 5.70 Å². The van der Waals surface area contributed by atoms with Gasteiger partial charge < -0.3 is 5.32 Å². The van der Waals surface area contributed by atoms with Crippen molar-refractivity contribution in [1.29, 1.82) is 0 Å². The number of Topliss-reactive ketones (excluding diaryl/α,β-unsaturated/α-hetero) is 1. The summed E-state index contributed by atoms with van der Waals surface area (Å²) in [5, 5.41) is 20.9. The number of fused-ring (bicyclic) bond motifs is 2. The molecule has 10 nitrogen and oxygen atoms in total. The molecule has 152 valence electrons. The van der Waals surface area contributed by atoms with E-state index < -0.39 is 10.8 Å². The highest BCUT2D eigenvalue weighted by Gasteiger charge is 2.42. The second-order valence-corrected chi connectivity index (χ2v) is 8.47. The van der Waals surface area contributed by atoms with Gasteiger partial charge in [-0.3, -0.25) is 19.7 Å². The fourth-order valence-electron chi connectivity index (χ4n) is 4.42. The number of nitrogens with one attached hydrogen (secondary N) is 2. The third kappa shape index (κ3) is 2.64. The van der Waals surface area contributed by atoms with Crippen molar-refractivity contribution in [2.45, 2.75) is 32.6 Å². The Hall–Kier alpha value is -3.82. The molecule has 0 saturated carbocycles. The van der Waals surface area contributed by atoms with E-state index in [2.05, 4.69) is 20.5 Å². The van der Waals surface area contributed by atoms with Crippen molar-refractivity contribution in [3.63, 3.8) is 0 Å². The maximum atomic E-state index is 13.3. The molecule has 3 heterocycles. The highest BCUT2D eigenvalue weighted by atomic mass is 16.6. The van der Waals surface area contributed by atoms with Crippen LogP contribution >= 0.6 is 0 Å². The van der Waals surface area contributed by atoms with E-state index in [1.54, 1.807) is 12.1 Å². The van der Waals surface area contributed by atoms with Crippen LogP contribution in [0.15, 0.2) is 46.7 Å². The maximum Gasteiger partial charge on any atom is 0.269 e. The van der Waals surface area contributed by atoms with E-state index in [-0.39, 0.29) is 22.4 Å². The van der Waals surface area contributed by atoms with E-state index in [4.69, 9.17) is 0 Å². The molecule has 1 aliphatic heterocycles. The van der Waals surface area contributed by atoms with Gasteiger partial charge in [-0.1, -0.05) is 26.0 Å². The number of nitro groups is 1. The number of nitrogens with zero attached hydrogens (tertiary/aromatic N) is 4. The summed E-state index contributed by atoms with van der Waals surface area (Å²) < 4.78 is 1.29. The van der Waals surface area contributed by atoms with E-state index in [0.29, 0.717) is 41.1 Å². The second kappa shape index (κ2) is 6.09. The standard InChI is InChI=1S/C20H18N6O4/c1-20(2)7-12-15(13(27)8-20)14(10-3-5-11(6-4-10)26(29)30)16-17(22-12)23-19-24-21-9-25(19)18(16)28/h3-6,9,14,22H,7-8H2,1-2H3,(H,23,24). The van der Waals surface area contributed by atoms with Crippen LogP contribution in [0.2, 0.25) is 0 Å². The Morgan fingerprint density at radius 2 is 1.93 bits per heavy atom. The van der Waals surface area contributed by atoms with Crippen LogP contribution in [-0.4, -0.2) is 30.3 Å². The lowest BCUT2D eigenvalue weighted by Gasteiger charge is -2.38. The first kappa shape index (κ1) is 18.2. The van der Waals surface area contributed by atoms with Crippen LogP contribution in [0, 0.1) is 15.5 Å². The number of non-ortho nitro benzene ring substituents is 1. The van der Waals surface area contributed by atoms with E-state index in [1.165, 1.54) is 22.9 Å². The molecule has 3 aromatic rings. The topological polar surface area (TPSA) is 135 Å². The fourth-order valence-corrected chi connectivity index (χ4v) is 4.42. The molecule has 0 radical (unpaired) electrons. The van der Waals surface area contributed by atoms with Crippen LogP contribution in [0.1, 0.15) is 43.7 Å². The molecule has 2 N–H and O–H groups in total. The Kier molecular flexibility index (Phi) is 3.70. The molecule has 5 rings (SSSR count). The molecule has 0 amide bonds. The van der Waals surface area contributed by atoms with Crippen molar-refractivity contribution >= 4 is 23.1 Å². The first-order chi connectivity index (χ1) is 14.2. The molecular weight excluding hydrogens is 388 g/mol. The number of ketones is 1. The summed E-state index contributed by atoms with van der Waals surface area (Å²) in [6, 6.07) is 5.96. The summed E-state index contributed by atoms with van der Waals surface area (Å²) in [5.41, 5.74) is 1.59. The van der Waals surface area contributed by atoms with Gasteiger partial charge in [0.15, 0.2) is 5.78 Å². The number of rotatable bonds is 2. The highest BCUT2D eigenvalue weighted by Crippen LogP contribution is 2.47. The van der Waals surface area contributed by atoms with Gasteiger partial charge in [0.1, 0.15) is 12.1 Å². The van der Waals surface area contributed by atoms with Crippen LogP contribution in [0.4, 0.5) is 11.5 Å². The number of aromatic nitrogens is 4. The normalized spacial score (nSPS) is 19.9. The minimum atomic E-state index is -0.660. The number of nitro benzene ring substituents is 1. The average Bonchev–Trinajstić information content (AvgIpc) is 3.14. The number of carbonyl (C=O) groups is 1. The van der Waals surface area contributed by atoms with Crippen molar-refractivity contribution in [2.75, 3.05) is 5.32 Å². The van der Waals surface area contributed by atoms with Gasteiger partial charge in [-0.2, -0.15) is 10.1 Å². The minimum absolute atomic E-state index is 0.0422. The lowest BCUT2D eigenvalue weighted by Crippen LogP contribution is -2.37. The van der Waals surface area contributed by atoms with Crippen molar-refractivity contribution in [1.82, 2.24) is 19.6 Å². The SMILES string of the molecule is CC1(C)CC(=O)C2=C(C1)Nc1nc3[nH]ncn3c(=O)c1C2c1ccc([N+](=O)[O-])cc1. The maximum absolute atomic E-state index is 13.3. The number of carbonyl (C=O) groups excluding carboxylic acids is 1.